The van der Waals surface area contributed by atoms with E-state index in [0.717, 1.165) is 4.74 Å². The molecule has 0 bridgehead atoms. The van der Waals surface area contributed by atoms with E-state index in [9.17, 15) is 5.21 Å². The number of rotatable bonds is 8. The Bertz CT molecular complexity index is 526. The minimum absolute atomic E-state index is 0.0763. The lowest BCUT2D eigenvalue weighted by Crippen LogP contribution is -2.42. The summed E-state index contributed by atoms with van der Waals surface area (Å²) >= 11 is 0. The van der Waals surface area contributed by atoms with Gasteiger partial charge in [0.25, 0.3) is 0 Å². The van der Waals surface area contributed by atoms with E-state index in [1.54, 1.807) is 6.21 Å². The van der Waals surface area contributed by atoms with E-state index in [1.807, 2.05) is 27.7 Å². The second-order valence-corrected chi connectivity index (χ2v) is 12.5. The number of nitrogens with zero attached hydrogens (tertiary/aromatic N) is 2. The molecule has 0 aromatic heterocycles. The predicted molar refractivity (Wildman–Crippen MR) is 152 cm³/mol. The average Bonchev–Trinajstić information content (AvgIpc) is 3.08. The maximum Gasteiger partial charge on any atom is 0.157 e. The Morgan fingerprint density at radius 2 is 1.09 bits per heavy atom. The molecule has 4 nitrogen and oxygen atoms in total. The van der Waals surface area contributed by atoms with Gasteiger partial charge in [0, 0.05) is 23.9 Å². The van der Waals surface area contributed by atoms with Crippen LogP contribution in [-0.2, 0) is 4.84 Å². The van der Waals surface area contributed by atoms with Gasteiger partial charge in [0.05, 0.1) is 6.10 Å². The van der Waals surface area contributed by atoms with Crippen molar-refractivity contribution in [3.63, 3.8) is 0 Å². The second kappa shape index (κ2) is 17.5. The van der Waals surface area contributed by atoms with Crippen molar-refractivity contribution in [1.29, 1.82) is 0 Å². The van der Waals surface area contributed by atoms with E-state index in [-0.39, 0.29) is 6.04 Å². The SMILES string of the molecule is CC(C)/C=C\C(C)C.CC(C)/C=[N+](\[O-])C(C)C.CC(C)C1ON(C(C)C)C(C(C)C)C1C(C)C. The maximum absolute atomic E-state index is 10.8. The van der Waals surface area contributed by atoms with Crippen molar-refractivity contribution in [1.82, 2.24) is 5.06 Å². The second-order valence-electron chi connectivity index (χ2n) is 12.5. The van der Waals surface area contributed by atoms with Gasteiger partial charge < -0.3 is 5.21 Å². The first-order valence-corrected chi connectivity index (χ1v) is 13.9. The quantitative estimate of drug-likeness (QED) is 0.114. The third kappa shape index (κ3) is 14.5. The van der Waals surface area contributed by atoms with Crippen molar-refractivity contribution in [2.24, 2.45) is 41.4 Å². The van der Waals surface area contributed by atoms with Crippen LogP contribution in [0.25, 0.3) is 0 Å². The number of hydrogen-bond acceptors (Lipinski definition) is 3. The van der Waals surface area contributed by atoms with Crippen LogP contribution in [0.2, 0.25) is 0 Å². The first-order valence-electron chi connectivity index (χ1n) is 13.9. The first kappa shape index (κ1) is 35.3. The molecule has 0 saturated carbocycles. The molecule has 1 aliphatic heterocycles. The fraction of sp³-hybridized carbons (Fsp3) is 0.900. The monoisotopic (exact) mass is 482 g/mol. The molecule has 0 spiro atoms. The molecule has 3 atom stereocenters. The van der Waals surface area contributed by atoms with E-state index >= 15 is 0 Å². The summed E-state index contributed by atoms with van der Waals surface area (Å²) in [6.07, 6.45) is 6.55. The van der Waals surface area contributed by atoms with Crippen molar-refractivity contribution in [3.8, 4) is 0 Å². The Balaban J connectivity index is 0. The van der Waals surface area contributed by atoms with Crippen LogP contribution in [0, 0.1) is 46.6 Å². The van der Waals surface area contributed by atoms with Crippen LogP contribution in [0.3, 0.4) is 0 Å². The van der Waals surface area contributed by atoms with Crippen molar-refractivity contribution in [2.45, 2.75) is 135 Å². The molecule has 1 heterocycles. The topological polar surface area (TPSA) is 38.5 Å². The van der Waals surface area contributed by atoms with Gasteiger partial charge >= 0.3 is 0 Å². The minimum Gasteiger partial charge on any atom is -0.624 e. The Labute approximate surface area is 214 Å². The summed E-state index contributed by atoms with van der Waals surface area (Å²) in [7, 11) is 0. The highest BCUT2D eigenvalue weighted by atomic mass is 16.7. The summed E-state index contributed by atoms with van der Waals surface area (Å²) in [5.41, 5.74) is 0. The average molecular weight is 483 g/mol. The summed E-state index contributed by atoms with van der Waals surface area (Å²) < 4.78 is 0.991. The zero-order valence-electron chi connectivity index (χ0n) is 25.8. The molecule has 0 aromatic rings. The fourth-order valence-corrected chi connectivity index (χ4v) is 4.10. The van der Waals surface area contributed by atoms with Crippen LogP contribution in [0.15, 0.2) is 12.2 Å². The van der Waals surface area contributed by atoms with Gasteiger partial charge in [0.1, 0.15) is 0 Å². The van der Waals surface area contributed by atoms with Crippen LogP contribution < -0.4 is 0 Å². The molecule has 0 radical (unpaired) electrons. The number of hydrogen-bond donors (Lipinski definition) is 0. The van der Waals surface area contributed by atoms with Crippen molar-refractivity contribution < 1.29 is 9.58 Å². The molecule has 204 valence electrons. The van der Waals surface area contributed by atoms with Gasteiger partial charge in [-0.05, 0) is 57.3 Å². The lowest BCUT2D eigenvalue weighted by Gasteiger charge is -2.33. The van der Waals surface area contributed by atoms with E-state index < -0.39 is 0 Å². The molecule has 0 aliphatic carbocycles. The van der Waals surface area contributed by atoms with Gasteiger partial charge in [-0.25, -0.2) is 4.74 Å². The van der Waals surface area contributed by atoms with Crippen molar-refractivity contribution >= 4 is 6.21 Å². The zero-order chi connectivity index (χ0) is 27.3. The van der Waals surface area contributed by atoms with Gasteiger partial charge in [0.2, 0.25) is 0 Å². The molecule has 1 rings (SSSR count). The van der Waals surface area contributed by atoms with Crippen molar-refractivity contribution in [2.75, 3.05) is 0 Å². The summed E-state index contributed by atoms with van der Waals surface area (Å²) in [5.74, 6) is 4.33. The third-order valence-electron chi connectivity index (χ3n) is 5.76. The molecule has 3 unspecified atom stereocenters. The Hall–Kier alpha value is -0.870. The highest BCUT2D eigenvalue weighted by Gasteiger charge is 2.47. The molecule has 0 amide bonds. The van der Waals surface area contributed by atoms with Gasteiger partial charge in [-0.3, -0.25) is 4.84 Å². The third-order valence-corrected chi connectivity index (χ3v) is 5.76. The molecule has 34 heavy (non-hydrogen) atoms. The standard InChI is InChI=1S/C15H31NO.C8H16.C7H15NO/c1-9(2)13-14(10(3)4)16(12(7)8)17-15(13)11(5)6;1-7(2)5-6-8(3)4;1-6(2)5-8(9)7(3)4/h9-15H,1-8H3;5-8H,1-4H3;5-7H,1-4H3/b;6-5-;8-5-. The van der Waals surface area contributed by atoms with E-state index in [0.29, 0.717) is 59.6 Å². The fourth-order valence-electron chi connectivity index (χ4n) is 4.10. The lowest BCUT2D eigenvalue weighted by molar-refractivity contribution is -0.489. The molecular formula is C30H62N2O2. The maximum atomic E-state index is 10.8. The summed E-state index contributed by atoms with van der Waals surface area (Å²) in [6.45, 7) is 34.9. The molecule has 0 N–H and O–H groups in total. The van der Waals surface area contributed by atoms with Gasteiger partial charge in [-0.1, -0.05) is 95.2 Å². The van der Waals surface area contributed by atoms with Crippen LogP contribution in [0.5, 0.6) is 0 Å². The molecule has 1 aliphatic rings. The largest absolute Gasteiger partial charge is 0.624 e. The number of hydroxylamine groups is 3. The Morgan fingerprint density at radius 1 is 0.647 bits per heavy atom. The van der Waals surface area contributed by atoms with E-state index in [4.69, 9.17) is 4.84 Å². The number of allylic oxidation sites excluding steroid dienone is 2. The van der Waals surface area contributed by atoms with E-state index in [2.05, 4.69) is 100 Å². The van der Waals surface area contributed by atoms with Crippen LogP contribution in [0.1, 0.15) is 111 Å². The van der Waals surface area contributed by atoms with Gasteiger partial charge in [-0.2, -0.15) is 5.06 Å². The normalized spacial score (nSPS) is 22.1. The zero-order valence-corrected chi connectivity index (χ0v) is 25.8. The summed E-state index contributed by atoms with van der Waals surface area (Å²) in [5, 5.41) is 13.1. The molecule has 1 saturated heterocycles. The highest BCUT2D eigenvalue weighted by molar-refractivity contribution is 5.53. The molecule has 1 fully saturated rings. The lowest BCUT2D eigenvalue weighted by atomic mass is 9.76. The van der Waals surface area contributed by atoms with E-state index in [1.165, 1.54) is 0 Å². The first-order chi connectivity index (χ1) is 15.4. The summed E-state index contributed by atoms with van der Waals surface area (Å²) in [6, 6.07) is 1.10. The Kier molecular flexibility index (Phi) is 18.2. The van der Waals surface area contributed by atoms with Crippen LogP contribution in [-0.4, -0.2) is 40.2 Å². The van der Waals surface area contributed by atoms with Gasteiger partial charge in [0.15, 0.2) is 12.3 Å². The Morgan fingerprint density at radius 3 is 1.29 bits per heavy atom. The van der Waals surface area contributed by atoms with Crippen LogP contribution in [0.4, 0.5) is 0 Å². The molecule has 0 aromatic carbocycles. The van der Waals surface area contributed by atoms with Crippen LogP contribution >= 0.6 is 0 Å². The predicted octanol–water partition coefficient (Wildman–Crippen LogP) is 8.45. The minimum atomic E-state index is 0.0763. The van der Waals surface area contributed by atoms with Crippen molar-refractivity contribution in [3.05, 3.63) is 17.4 Å². The highest BCUT2D eigenvalue weighted by Crippen LogP contribution is 2.40. The molecule has 4 heteroatoms. The van der Waals surface area contributed by atoms with Gasteiger partial charge in [-0.15, -0.1) is 0 Å². The summed E-state index contributed by atoms with van der Waals surface area (Å²) in [4.78, 5) is 6.27. The molecular weight excluding hydrogens is 420 g/mol. The smallest absolute Gasteiger partial charge is 0.157 e.